The van der Waals surface area contributed by atoms with Crippen LogP contribution < -0.4 is 14.8 Å². The van der Waals surface area contributed by atoms with Crippen LogP contribution in [0.15, 0.2) is 53.1 Å². The molecular weight excluding hydrogens is 481 g/mol. The summed E-state index contributed by atoms with van der Waals surface area (Å²) in [4.78, 5) is 19.0. The fraction of sp³-hybridized carbons (Fsp3) is 0.375. The van der Waals surface area contributed by atoms with Gasteiger partial charge in [-0.25, -0.2) is 0 Å². The van der Waals surface area contributed by atoms with E-state index in [1.54, 1.807) is 24.3 Å². The van der Waals surface area contributed by atoms with Crippen molar-refractivity contribution in [1.82, 2.24) is 20.4 Å². The van der Waals surface area contributed by atoms with E-state index in [4.69, 9.17) is 9.26 Å². The van der Waals surface area contributed by atoms with Crippen molar-refractivity contribution in [2.75, 3.05) is 32.8 Å². The molecule has 0 fully saturated rings. The molecule has 1 unspecified atom stereocenters. The van der Waals surface area contributed by atoms with Crippen LogP contribution in [-0.4, -0.2) is 65.3 Å². The lowest BCUT2D eigenvalue weighted by Crippen LogP contribution is -2.31. The zero-order valence-corrected chi connectivity index (χ0v) is 19.8. The van der Waals surface area contributed by atoms with Gasteiger partial charge < -0.3 is 29.3 Å². The molecule has 12 heteroatoms. The van der Waals surface area contributed by atoms with Gasteiger partial charge in [-0.3, -0.25) is 4.79 Å². The van der Waals surface area contributed by atoms with E-state index in [1.165, 1.54) is 12.1 Å². The number of aromatic nitrogens is 2. The highest BCUT2D eigenvalue weighted by Crippen LogP contribution is 2.26. The second-order valence-corrected chi connectivity index (χ2v) is 7.64. The summed E-state index contributed by atoms with van der Waals surface area (Å²) in [6.45, 7) is 6.85. The van der Waals surface area contributed by atoms with Gasteiger partial charge in [0.05, 0.1) is 6.61 Å². The summed E-state index contributed by atoms with van der Waals surface area (Å²) in [5.74, 6) is -0.228. The van der Waals surface area contributed by atoms with Gasteiger partial charge in [0.15, 0.2) is 0 Å². The van der Waals surface area contributed by atoms with Crippen molar-refractivity contribution < 1.29 is 37.1 Å². The number of hydrogen-bond donors (Lipinski definition) is 2. The van der Waals surface area contributed by atoms with Crippen LogP contribution >= 0.6 is 0 Å². The van der Waals surface area contributed by atoms with Gasteiger partial charge in [-0.15, -0.1) is 13.2 Å². The third-order valence-electron chi connectivity index (χ3n) is 5.26. The number of hydrogen-bond acceptors (Lipinski definition) is 8. The molecule has 36 heavy (non-hydrogen) atoms. The van der Waals surface area contributed by atoms with Crippen molar-refractivity contribution in [3.05, 3.63) is 60.0 Å². The average Bonchev–Trinajstić information content (AvgIpc) is 3.35. The van der Waals surface area contributed by atoms with Crippen LogP contribution in [0.5, 0.6) is 11.5 Å². The summed E-state index contributed by atoms with van der Waals surface area (Å²) in [6.07, 6.45) is -4.80. The summed E-state index contributed by atoms with van der Waals surface area (Å²) in [5.41, 5.74) is 0.698. The minimum absolute atomic E-state index is 0.0622. The minimum Gasteiger partial charge on any atom is -0.492 e. The Hall–Kier alpha value is -3.64. The van der Waals surface area contributed by atoms with Crippen LogP contribution in [0.4, 0.5) is 13.2 Å². The third kappa shape index (κ3) is 7.68. The van der Waals surface area contributed by atoms with E-state index in [2.05, 4.69) is 38.9 Å². The van der Waals surface area contributed by atoms with Crippen LogP contribution in [0.1, 0.15) is 36.1 Å². The van der Waals surface area contributed by atoms with Gasteiger partial charge in [0.25, 0.3) is 11.8 Å². The Morgan fingerprint density at radius 2 is 1.72 bits per heavy atom. The summed E-state index contributed by atoms with van der Waals surface area (Å²) in [5, 5.41) is 16.1. The molecule has 3 rings (SSSR count). The number of aliphatic hydroxyl groups is 1. The van der Waals surface area contributed by atoms with Crippen molar-refractivity contribution in [3.8, 4) is 22.9 Å². The normalized spacial score (nSPS) is 12.4. The predicted molar refractivity (Wildman–Crippen MR) is 123 cm³/mol. The number of nitrogens with zero attached hydrogens (tertiary/aromatic N) is 3. The molecule has 0 saturated heterocycles. The van der Waals surface area contributed by atoms with E-state index in [0.717, 1.165) is 31.8 Å². The van der Waals surface area contributed by atoms with Gasteiger partial charge in [-0.1, -0.05) is 19.0 Å². The number of likely N-dealkylation sites (N-methyl/N-ethyl adjacent to an activating group) is 1. The summed E-state index contributed by atoms with van der Waals surface area (Å²) < 4.78 is 51.6. The largest absolute Gasteiger partial charge is 0.573 e. The maximum atomic E-state index is 12.6. The van der Waals surface area contributed by atoms with Gasteiger partial charge in [0.2, 0.25) is 5.82 Å². The highest BCUT2D eigenvalue weighted by atomic mass is 19.4. The van der Waals surface area contributed by atoms with Crippen LogP contribution in [0, 0.1) is 0 Å². The van der Waals surface area contributed by atoms with Crippen molar-refractivity contribution >= 4 is 5.91 Å². The van der Waals surface area contributed by atoms with Gasteiger partial charge in [-0.2, -0.15) is 4.98 Å². The number of carbonyl (C=O) groups is 1. The van der Waals surface area contributed by atoms with E-state index in [9.17, 15) is 23.1 Å². The molecule has 1 heterocycles. The molecule has 1 aromatic heterocycles. The van der Waals surface area contributed by atoms with E-state index in [-0.39, 0.29) is 11.7 Å². The lowest BCUT2D eigenvalue weighted by molar-refractivity contribution is -0.274. The summed E-state index contributed by atoms with van der Waals surface area (Å²) in [7, 11) is 0. The smallest absolute Gasteiger partial charge is 0.492 e. The van der Waals surface area contributed by atoms with Gasteiger partial charge >= 0.3 is 6.36 Å². The van der Waals surface area contributed by atoms with Crippen molar-refractivity contribution in [3.63, 3.8) is 0 Å². The Bertz CT molecular complexity index is 1100. The Morgan fingerprint density at radius 1 is 1.08 bits per heavy atom. The number of benzene rings is 2. The first kappa shape index (κ1) is 27.0. The Kier molecular flexibility index (Phi) is 9.25. The minimum atomic E-state index is -4.80. The molecule has 0 aliphatic rings. The predicted octanol–water partition coefficient (Wildman–Crippen LogP) is 3.82. The molecule has 194 valence electrons. The van der Waals surface area contributed by atoms with Gasteiger partial charge in [0.1, 0.15) is 24.1 Å². The van der Waals surface area contributed by atoms with E-state index in [1.807, 2.05) is 0 Å². The van der Waals surface area contributed by atoms with E-state index < -0.39 is 30.7 Å². The van der Waals surface area contributed by atoms with Crippen LogP contribution in [0.3, 0.4) is 0 Å². The molecule has 2 aromatic carbocycles. The molecule has 9 nitrogen and oxygen atoms in total. The number of ether oxygens (including phenoxy) is 2. The fourth-order valence-corrected chi connectivity index (χ4v) is 3.26. The molecule has 1 amide bonds. The van der Waals surface area contributed by atoms with Crippen LogP contribution in [0.25, 0.3) is 11.4 Å². The molecule has 0 saturated carbocycles. The van der Waals surface area contributed by atoms with E-state index >= 15 is 0 Å². The van der Waals surface area contributed by atoms with Gasteiger partial charge in [-0.05, 0) is 61.6 Å². The molecule has 0 bridgehead atoms. The molecule has 0 spiro atoms. The highest BCUT2D eigenvalue weighted by Gasteiger charge is 2.31. The number of aliphatic hydroxyl groups excluding tert-OH is 1. The van der Waals surface area contributed by atoms with Crippen LogP contribution in [0.2, 0.25) is 0 Å². The summed E-state index contributed by atoms with van der Waals surface area (Å²) >= 11 is 0. The highest BCUT2D eigenvalue weighted by molar-refractivity contribution is 5.94. The number of amides is 1. The SMILES string of the molecule is CCN(CC)CCOc1ccc(C(=O)NC(CO)c2nc(-c3ccc(OC(F)(F)F)cc3)no2)cc1. The lowest BCUT2D eigenvalue weighted by Gasteiger charge is -2.18. The van der Waals surface area contributed by atoms with Gasteiger partial charge in [0, 0.05) is 17.7 Å². The Morgan fingerprint density at radius 3 is 2.31 bits per heavy atom. The monoisotopic (exact) mass is 508 g/mol. The first-order chi connectivity index (χ1) is 17.2. The standard InChI is InChI=1S/C24H27F3N4O5/c1-3-31(4-2)13-14-34-18-9-7-17(8-10-18)22(33)28-20(15-32)23-29-21(30-36-23)16-5-11-19(12-6-16)35-24(25,26)27/h5-12,20,32H,3-4,13-15H2,1-2H3,(H,28,33). The average molecular weight is 508 g/mol. The van der Waals surface area contributed by atoms with Crippen molar-refractivity contribution in [1.29, 1.82) is 0 Å². The number of halogens is 3. The topological polar surface area (TPSA) is 110 Å². The molecule has 3 aromatic rings. The first-order valence-corrected chi connectivity index (χ1v) is 11.3. The van der Waals surface area contributed by atoms with Crippen LogP contribution in [-0.2, 0) is 0 Å². The van der Waals surface area contributed by atoms with Crippen molar-refractivity contribution in [2.45, 2.75) is 26.3 Å². The van der Waals surface area contributed by atoms with Crippen molar-refractivity contribution in [2.24, 2.45) is 0 Å². The summed E-state index contributed by atoms with van der Waals surface area (Å²) in [6, 6.07) is 10.5. The first-order valence-electron chi connectivity index (χ1n) is 11.3. The maximum Gasteiger partial charge on any atom is 0.573 e. The molecule has 0 aliphatic heterocycles. The number of nitrogens with one attached hydrogen (secondary N) is 1. The quantitative estimate of drug-likeness (QED) is 0.380. The molecule has 0 aliphatic carbocycles. The Labute approximate surface area is 205 Å². The molecule has 0 radical (unpaired) electrons. The number of alkyl halides is 3. The molecular formula is C24H27F3N4O5. The zero-order chi connectivity index (χ0) is 26.1. The lowest BCUT2D eigenvalue weighted by atomic mass is 10.2. The fourth-order valence-electron chi connectivity index (χ4n) is 3.26. The second kappa shape index (κ2) is 12.4. The Balaban J connectivity index is 1.59. The second-order valence-electron chi connectivity index (χ2n) is 7.64. The van der Waals surface area contributed by atoms with E-state index in [0.29, 0.717) is 23.5 Å². The molecule has 2 N–H and O–H groups in total. The molecule has 1 atom stereocenters. The number of carbonyl (C=O) groups excluding carboxylic acids is 1. The zero-order valence-electron chi connectivity index (χ0n) is 19.8. The maximum absolute atomic E-state index is 12.6. The third-order valence-corrected chi connectivity index (χ3v) is 5.26. The number of rotatable bonds is 12.